The van der Waals surface area contributed by atoms with E-state index in [1.807, 2.05) is 13.0 Å². The third-order valence-electron chi connectivity index (χ3n) is 3.48. The molecule has 18 heavy (non-hydrogen) atoms. The van der Waals surface area contributed by atoms with Crippen LogP contribution in [0, 0.1) is 0 Å². The van der Waals surface area contributed by atoms with E-state index in [2.05, 4.69) is 32.4 Å². The van der Waals surface area contributed by atoms with E-state index in [1.54, 1.807) is 6.20 Å². The fourth-order valence-electron chi connectivity index (χ4n) is 2.09. The maximum absolute atomic E-state index is 12.0. The molecule has 0 aliphatic carbocycles. The van der Waals surface area contributed by atoms with E-state index < -0.39 is 0 Å². The molecule has 1 fully saturated rings. The molecule has 1 aliphatic rings. The third kappa shape index (κ3) is 3.30. The molecule has 1 saturated heterocycles. The Morgan fingerprint density at radius 2 is 2.22 bits per heavy atom. The number of H-pyrrole nitrogens is 1. The first-order valence-electron chi connectivity index (χ1n) is 6.35. The maximum atomic E-state index is 12.0. The highest BCUT2D eigenvalue weighted by Gasteiger charge is 2.23. The molecule has 6 heteroatoms. The first-order chi connectivity index (χ1) is 8.66. The number of amides is 1. The second-order valence-electron chi connectivity index (χ2n) is 4.81. The van der Waals surface area contributed by atoms with E-state index in [-0.39, 0.29) is 11.9 Å². The van der Waals surface area contributed by atoms with E-state index in [0.717, 1.165) is 31.9 Å². The Kier molecular flexibility index (Phi) is 4.33. The number of rotatable bonds is 4. The van der Waals surface area contributed by atoms with Crippen LogP contribution < -0.4 is 5.32 Å². The van der Waals surface area contributed by atoms with Gasteiger partial charge in [0, 0.05) is 32.4 Å². The summed E-state index contributed by atoms with van der Waals surface area (Å²) >= 11 is 0. The second-order valence-corrected chi connectivity index (χ2v) is 4.81. The number of piperazine rings is 1. The van der Waals surface area contributed by atoms with Crippen molar-refractivity contribution in [3.8, 4) is 0 Å². The summed E-state index contributed by atoms with van der Waals surface area (Å²) < 4.78 is 0. The summed E-state index contributed by atoms with van der Waals surface area (Å²) in [6.45, 7) is 6.44. The summed E-state index contributed by atoms with van der Waals surface area (Å²) in [5, 5.41) is 9.61. The number of aromatic nitrogens is 2. The summed E-state index contributed by atoms with van der Waals surface area (Å²) in [4.78, 5) is 16.5. The molecule has 1 unspecified atom stereocenters. The van der Waals surface area contributed by atoms with Gasteiger partial charge in [-0.05, 0) is 20.0 Å². The van der Waals surface area contributed by atoms with Crippen LogP contribution >= 0.6 is 0 Å². The van der Waals surface area contributed by atoms with Crippen molar-refractivity contribution in [2.45, 2.75) is 19.5 Å². The Morgan fingerprint density at radius 1 is 1.50 bits per heavy atom. The zero-order valence-electron chi connectivity index (χ0n) is 11.0. The van der Waals surface area contributed by atoms with Gasteiger partial charge in [0.15, 0.2) is 0 Å². The van der Waals surface area contributed by atoms with Gasteiger partial charge in [0.05, 0.1) is 18.3 Å². The molecule has 0 spiro atoms. The average molecular weight is 251 g/mol. The Bertz CT molecular complexity index is 370. The quantitative estimate of drug-likeness (QED) is 0.768. The normalized spacial score (nSPS) is 19.7. The number of hydrogen-bond donors (Lipinski definition) is 2. The molecule has 2 heterocycles. The Labute approximate surface area is 107 Å². The van der Waals surface area contributed by atoms with E-state index in [1.165, 1.54) is 0 Å². The minimum Gasteiger partial charge on any atom is -0.349 e. The Hall–Kier alpha value is -1.40. The molecular weight excluding hydrogens is 230 g/mol. The SMILES string of the molecule is CC(C(=O)NCc1ccn[nH]1)N1CCN(C)CC1. The zero-order valence-corrected chi connectivity index (χ0v) is 11.0. The summed E-state index contributed by atoms with van der Waals surface area (Å²) in [6.07, 6.45) is 1.69. The van der Waals surface area contributed by atoms with Crippen molar-refractivity contribution in [2.75, 3.05) is 33.2 Å². The lowest BCUT2D eigenvalue weighted by atomic mass is 10.2. The third-order valence-corrected chi connectivity index (χ3v) is 3.48. The lowest BCUT2D eigenvalue weighted by Gasteiger charge is -2.35. The van der Waals surface area contributed by atoms with Crippen molar-refractivity contribution in [2.24, 2.45) is 0 Å². The number of nitrogens with zero attached hydrogens (tertiary/aromatic N) is 3. The van der Waals surface area contributed by atoms with Gasteiger partial charge in [-0.25, -0.2) is 0 Å². The topological polar surface area (TPSA) is 64.3 Å². The van der Waals surface area contributed by atoms with Gasteiger partial charge in [0.25, 0.3) is 0 Å². The molecular formula is C12H21N5O. The monoisotopic (exact) mass is 251 g/mol. The predicted octanol–water partition coefficient (Wildman–Crippen LogP) is -0.338. The lowest BCUT2D eigenvalue weighted by Crippen LogP contribution is -2.52. The highest BCUT2D eigenvalue weighted by Crippen LogP contribution is 2.05. The molecule has 1 aliphatic heterocycles. The first-order valence-corrected chi connectivity index (χ1v) is 6.35. The largest absolute Gasteiger partial charge is 0.349 e. The highest BCUT2D eigenvalue weighted by molar-refractivity contribution is 5.81. The molecule has 1 amide bonds. The van der Waals surface area contributed by atoms with Crippen LogP contribution in [0.15, 0.2) is 12.3 Å². The molecule has 2 rings (SSSR count). The molecule has 1 aromatic heterocycles. The van der Waals surface area contributed by atoms with Crippen molar-refractivity contribution in [3.63, 3.8) is 0 Å². The zero-order chi connectivity index (χ0) is 13.0. The maximum Gasteiger partial charge on any atom is 0.237 e. The van der Waals surface area contributed by atoms with Crippen molar-refractivity contribution in [1.29, 1.82) is 0 Å². The predicted molar refractivity (Wildman–Crippen MR) is 69.0 cm³/mol. The molecule has 1 aromatic rings. The minimum absolute atomic E-state index is 0.0679. The van der Waals surface area contributed by atoms with Gasteiger partial charge >= 0.3 is 0 Å². The molecule has 2 N–H and O–H groups in total. The van der Waals surface area contributed by atoms with Gasteiger partial charge in [0.1, 0.15) is 0 Å². The molecule has 0 saturated carbocycles. The standard InChI is InChI=1S/C12H21N5O/c1-10(17-7-5-16(2)6-8-17)12(18)13-9-11-3-4-14-15-11/h3-4,10H,5-9H2,1-2H3,(H,13,18)(H,14,15). The first kappa shape index (κ1) is 13.0. The van der Waals surface area contributed by atoms with E-state index in [0.29, 0.717) is 6.54 Å². The number of hydrogen-bond acceptors (Lipinski definition) is 4. The number of likely N-dealkylation sites (N-methyl/N-ethyl adjacent to an activating group) is 1. The average Bonchev–Trinajstić information content (AvgIpc) is 2.89. The van der Waals surface area contributed by atoms with E-state index in [4.69, 9.17) is 0 Å². The minimum atomic E-state index is -0.0679. The number of carbonyl (C=O) groups excluding carboxylic acids is 1. The molecule has 0 radical (unpaired) electrons. The van der Waals surface area contributed by atoms with Gasteiger partial charge < -0.3 is 10.2 Å². The van der Waals surface area contributed by atoms with Gasteiger partial charge in [0.2, 0.25) is 5.91 Å². The smallest absolute Gasteiger partial charge is 0.237 e. The van der Waals surface area contributed by atoms with Crippen LogP contribution in [0.25, 0.3) is 0 Å². The summed E-state index contributed by atoms with van der Waals surface area (Å²) in [7, 11) is 2.11. The van der Waals surface area contributed by atoms with E-state index in [9.17, 15) is 4.79 Å². The van der Waals surface area contributed by atoms with Gasteiger partial charge in [-0.3, -0.25) is 14.8 Å². The molecule has 0 bridgehead atoms. The van der Waals surface area contributed by atoms with Crippen LogP contribution in [0.4, 0.5) is 0 Å². The van der Waals surface area contributed by atoms with Crippen LogP contribution in [-0.2, 0) is 11.3 Å². The molecule has 0 aromatic carbocycles. The number of carbonyl (C=O) groups is 1. The fourth-order valence-corrected chi connectivity index (χ4v) is 2.09. The highest BCUT2D eigenvalue weighted by atomic mass is 16.2. The van der Waals surface area contributed by atoms with Gasteiger partial charge in [-0.2, -0.15) is 5.10 Å². The summed E-state index contributed by atoms with van der Waals surface area (Å²) in [6, 6.07) is 1.79. The van der Waals surface area contributed by atoms with E-state index >= 15 is 0 Å². The van der Waals surface area contributed by atoms with Gasteiger partial charge in [-0.1, -0.05) is 0 Å². The summed E-state index contributed by atoms with van der Waals surface area (Å²) in [5.74, 6) is 0.0779. The Balaban J connectivity index is 1.77. The number of aromatic amines is 1. The van der Waals surface area contributed by atoms with Crippen LogP contribution in [-0.4, -0.2) is 65.2 Å². The van der Waals surface area contributed by atoms with Crippen molar-refractivity contribution in [3.05, 3.63) is 18.0 Å². The molecule has 100 valence electrons. The molecule has 1 atom stereocenters. The van der Waals surface area contributed by atoms with Crippen LogP contribution in [0.5, 0.6) is 0 Å². The van der Waals surface area contributed by atoms with Crippen LogP contribution in [0.1, 0.15) is 12.6 Å². The second kappa shape index (κ2) is 5.97. The van der Waals surface area contributed by atoms with Crippen molar-refractivity contribution < 1.29 is 4.79 Å². The Morgan fingerprint density at radius 3 is 2.83 bits per heavy atom. The number of nitrogens with one attached hydrogen (secondary N) is 2. The van der Waals surface area contributed by atoms with Gasteiger partial charge in [-0.15, -0.1) is 0 Å². The van der Waals surface area contributed by atoms with Crippen LogP contribution in [0.3, 0.4) is 0 Å². The van der Waals surface area contributed by atoms with Crippen LogP contribution in [0.2, 0.25) is 0 Å². The summed E-state index contributed by atoms with van der Waals surface area (Å²) in [5.41, 5.74) is 0.925. The van der Waals surface area contributed by atoms with Crippen molar-refractivity contribution >= 4 is 5.91 Å². The lowest BCUT2D eigenvalue weighted by molar-refractivity contribution is -0.126. The molecule has 6 nitrogen and oxygen atoms in total. The van der Waals surface area contributed by atoms with Crippen molar-refractivity contribution in [1.82, 2.24) is 25.3 Å². The fraction of sp³-hybridized carbons (Fsp3) is 0.667.